The fraction of sp³-hybridized carbons (Fsp3) is 0.294. The Labute approximate surface area is 122 Å². The van der Waals surface area contributed by atoms with Crippen LogP contribution in [0.25, 0.3) is 11.1 Å². The molecule has 0 fully saturated rings. The zero-order valence-electron chi connectivity index (χ0n) is 11.9. The molecule has 1 nitrogen and oxygen atoms in total. The van der Waals surface area contributed by atoms with Crippen molar-refractivity contribution >= 4 is 0 Å². The van der Waals surface area contributed by atoms with E-state index in [-0.39, 0.29) is 0 Å². The van der Waals surface area contributed by atoms with Gasteiger partial charge in [0.05, 0.1) is 5.56 Å². The summed E-state index contributed by atoms with van der Waals surface area (Å²) >= 11 is 0. The van der Waals surface area contributed by atoms with Crippen molar-refractivity contribution in [2.24, 2.45) is 0 Å². The SMILES string of the molecule is CCCNCc1ccccc1-c1ccc(C(F)(F)F)cc1. The number of benzene rings is 2. The predicted octanol–water partition coefficient (Wildman–Crippen LogP) is 4.87. The highest BCUT2D eigenvalue weighted by Crippen LogP contribution is 2.31. The summed E-state index contributed by atoms with van der Waals surface area (Å²) < 4.78 is 37.8. The highest BCUT2D eigenvalue weighted by atomic mass is 19.4. The molecule has 1 N–H and O–H groups in total. The van der Waals surface area contributed by atoms with E-state index in [1.54, 1.807) is 0 Å². The van der Waals surface area contributed by atoms with Gasteiger partial charge < -0.3 is 5.32 Å². The first-order chi connectivity index (χ1) is 10.0. The maximum absolute atomic E-state index is 12.6. The van der Waals surface area contributed by atoms with E-state index in [1.165, 1.54) is 12.1 Å². The van der Waals surface area contributed by atoms with Crippen molar-refractivity contribution in [1.29, 1.82) is 0 Å². The Morgan fingerprint density at radius 2 is 1.62 bits per heavy atom. The van der Waals surface area contributed by atoms with E-state index >= 15 is 0 Å². The highest BCUT2D eigenvalue weighted by molar-refractivity contribution is 5.67. The molecule has 0 atom stereocenters. The summed E-state index contributed by atoms with van der Waals surface area (Å²) in [5.41, 5.74) is 2.24. The van der Waals surface area contributed by atoms with Crippen molar-refractivity contribution in [2.75, 3.05) is 6.54 Å². The molecule has 0 amide bonds. The van der Waals surface area contributed by atoms with Crippen molar-refractivity contribution in [2.45, 2.75) is 26.1 Å². The van der Waals surface area contributed by atoms with Crippen LogP contribution in [0.3, 0.4) is 0 Å². The average Bonchev–Trinajstić information content (AvgIpc) is 2.47. The molecular formula is C17H18F3N. The van der Waals surface area contributed by atoms with E-state index in [0.717, 1.165) is 41.8 Å². The number of alkyl halides is 3. The van der Waals surface area contributed by atoms with Crippen LogP contribution in [0.2, 0.25) is 0 Å². The van der Waals surface area contributed by atoms with Crippen molar-refractivity contribution < 1.29 is 13.2 Å². The van der Waals surface area contributed by atoms with E-state index in [0.29, 0.717) is 6.54 Å². The summed E-state index contributed by atoms with van der Waals surface area (Å²) in [6.45, 7) is 3.72. The third kappa shape index (κ3) is 4.08. The van der Waals surface area contributed by atoms with Gasteiger partial charge in [-0.2, -0.15) is 13.2 Å². The van der Waals surface area contributed by atoms with Crippen LogP contribution < -0.4 is 5.32 Å². The second-order valence-electron chi connectivity index (χ2n) is 4.91. The molecule has 21 heavy (non-hydrogen) atoms. The van der Waals surface area contributed by atoms with Gasteiger partial charge in [0.2, 0.25) is 0 Å². The van der Waals surface area contributed by atoms with E-state index < -0.39 is 11.7 Å². The molecule has 0 saturated carbocycles. The summed E-state index contributed by atoms with van der Waals surface area (Å²) in [6.07, 6.45) is -3.25. The molecule has 0 radical (unpaired) electrons. The molecule has 2 aromatic rings. The molecule has 112 valence electrons. The first-order valence-electron chi connectivity index (χ1n) is 6.98. The summed E-state index contributed by atoms with van der Waals surface area (Å²) in [7, 11) is 0. The van der Waals surface area contributed by atoms with Gasteiger partial charge in [0, 0.05) is 6.54 Å². The van der Waals surface area contributed by atoms with Crippen LogP contribution >= 0.6 is 0 Å². The molecular weight excluding hydrogens is 275 g/mol. The quantitative estimate of drug-likeness (QED) is 0.775. The Balaban J connectivity index is 2.25. The fourth-order valence-electron chi connectivity index (χ4n) is 2.19. The largest absolute Gasteiger partial charge is 0.416 e. The van der Waals surface area contributed by atoms with Gasteiger partial charge in [0.1, 0.15) is 0 Å². The average molecular weight is 293 g/mol. The van der Waals surface area contributed by atoms with Gasteiger partial charge in [-0.25, -0.2) is 0 Å². The second kappa shape index (κ2) is 6.76. The number of nitrogens with one attached hydrogen (secondary N) is 1. The second-order valence-corrected chi connectivity index (χ2v) is 4.91. The first kappa shape index (κ1) is 15.6. The lowest BCUT2D eigenvalue weighted by Gasteiger charge is -2.12. The lowest BCUT2D eigenvalue weighted by atomic mass is 9.98. The predicted molar refractivity (Wildman–Crippen MR) is 78.9 cm³/mol. The Kier molecular flexibility index (Phi) is 5.02. The fourth-order valence-corrected chi connectivity index (χ4v) is 2.19. The van der Waals surface area contributed by atoms with Gasteiger partial charge in [0.25, 0.3) is 0 Å². The molecule has 2 rings (SSSR count). The lowest BCUT2D eigenvalue weighted by Crippen LogP contribution is -2.14. The number of hydrogen-bond donors (Lipinski definition) is 1. The molecule has 0 aliphatic heterocycles. The third-order valence-electron chi connectivity index (χ3n) is 3.28. The maximum Gasteiger partial charge on any atom is 0.416 e. The minimum atomic E-state index is -4.29. The lowest BCUT2D eigenvalue weighted by molar-refractivity contribution is -0.137. The number of rotatable bonds is 5. The third-order valence-corrected chi connectivity index (χ3v) is 3.28. The summed E-state index contributed by atoms with van der Waals surface area (Å²) in [5, 5.41) is 3.32. The van der Waals surface area contributed by atoms with Crippen molar-refractivity contribution in [3.8, 4) is 11.1 Å². The molecule has 0 heterocycles. The van der Waals surface area contributed by atoms with Crippen molar-refractivity contribution in [1.82, 2.24) is 5.32 Å². The van der Waals surface area contributed by atoms with E-state index in [4.69, 9.17) is 0 Å². The van der Waals surface area contributed by atoms with Gasteiger partial charge in [-0.05, 0) is 41.8 Å². The van der Waals surface area contributed by atoms with Crippen LogP contribution in [-0.2, 0) is 12.7 Å². The Morgan fingerprint density at radius 1 is 0.952 bits per heavy atom. The first-order valence-corrected chi connectivity index (χ1v) is 6.98. The van der Waals surface area contributed by atoms with Crippen LogP contribution in [0.5, 0.6) is 0 Å². The Morgan fingerprint density at radius 3 is 2.24 bits per heavy atom. The Hall–Kier alpha value is -1.81. The number of halogens is 3. The molecule has 4 heteroatoms. The Bertz CT molecular complexity index is 573. The van der Waals surface area contributed by atoms with E-state index in [2.05, 4.69) is 12.2 Å². The molecule has 0 unspecified atom stereocenters. The number of hydrogen-bond acceptors (Lipinski definition) is 1. The van der Waals surface area contributed by atoms with Gasteiger partial charge in [-0.3, -0.25) is 0 Å². The molecule has 0 aliphatic carbocycles. The van der Waals surface area contributed by atoms with E-state index in [1.807, 2.05) is 24.3 Å². The minimum Gasteiger partial charge on any atom is -0.313 e. The normalized spacial score (nSPS) is 11.6. The van der Waals surface area contributed by atoms with Crippen LogP contribution in [-0.4, -0.2) is 6.54 Å². The van der Waals surface area contributed by atoms with Gasteiger partial charge in [-0.1, -0.05) is 43.3 Å². The zero-order chi connectivity index (χ0) is 15.3. The van der Waals surface area contributed by atoms with Gasteiger partial charge in [-0.15, -0.1) is 0 Å². The topological polar surface area (TPSA) is 12.0 Å². The minimum absolute atomic E-state index is 0.618. The summed E-state index contributed by atoms with van der Waals surface area (Å²) in [6, 6.07) is 13.1. The van der Waals surface area contributed by atoms with Gasteiger partial charge >= 0.3 is 6.18 Å². The molecule has 0 saturated heterocycles. The summed E-state index contributed by atoms with van der Waals surface area (Å²) in [4.78, 5) is 0. The van der Waals surface area contributed by atoms with Gasteiger partial charge in [0.15, 0.2) is 0 Å². The smallest absolute Gasteiger partial charge is 0.313 e. The maximum atomic E-state index is 12.6. The zero-order valence-corrected chi connectivity index (χ0v) is 11.9. The van der Waals surface area contributed by atoms with Crippen LogP contribution in [0.4, 0.5) is 13.2 Å². The van der Waals surface area contributed by atoms with Crippen molar-refractivity contribution in [3.05, 3.63) is 59.7 Å². The van der Waals surface area contributed by atoms with Crippen LogP contribution in [0, 0.1) is 0 Å². The molecule has 0 spiro atoms. The molecule has 0 aliphatic rings. The molecule has 0 aromatic heterocycles. The van der Waals surface area contributed by atoms with Crippen LogP contribution in [0.15, 0.2) is 48.5 Å². The van der Waals surface area contributed by atoms with Crippen molar-refractivity contribution in [3.63, 3.8) is 0 Å². The van der Waals surface area contributed by atoms with Crippen LogP contribution in [0.1, 0.15) is 24.5 Å². The molecule has 2 aromatic carbocycles. The monoisotopic (exact) mass is 293 g/mol. The van der Waals surface area contributed by atoms with E-state index in [9.17, 15) is 13.2 Å². The standard InChI is InChI=1S/C17H18F3N/c1-2-11-21-12-14-5-3-4-6-16(14)13-7-9-15(10-8-13)17(18,19)20/h3-10,21H,2,11-12H2,1H3. The highest BCUT2D eigenvalue weighted by Gasteiger charge is 2.29. The molecule has 0 bridgehead atoms. The summed E-state index contributed by atoms with van der Waals surface area (Å²) in [5.74, 6) is 0.